The van der Waals surface area contributed by atoms with E-state index in [1.54, 1.807) is 0 Å². The first-order chi connectivity index (χ1) is 9.99. The molecule has 0 unspecified atom stereocenters. The summed E-state index contributed by atoms with van der Waals surface area (Å²) in [4.78, 5) is 37.2. The minimum atomic E-state index is -1.43. The number of carboxylic acid groups (broad SMARTS) is 1. The van der Waals surface area contributed by atoms with Crippen molar-refractivity contribution in [3.8, 4) is 17.2 Å². The van der Waals surface area contributed by atoms with Crippen molar-refractivity contribution in [2.45, 2.75) is 0 Å². The second-order valence-electron chi connectivity index (χ2n) is 3.99. The molecule has 0 fully saturated rings. The summed E-state index contributed by atoms with van der Waals surface area (Å²) in [6, 6.07) is 4.44. The molecule has 2 aromatic rings. The summed E-state index contributed by atoms with van der Waals surface area (Å²) in [7, 11) is 2.82. The number of nitrogens with one attached hydrogen (secondary N) is 1. The Morgan fingerprint density at radius 2 is 1.95 bits per heavy atom. The van der Waals surface area contributed by atoms with Gasteiger partial charge in [-0.2, -0.15) is 0 Å². The van der Waals surface area contributed by atoms with Crippen molar-refractivity contribution in [3.63, 3.8) is 0 Å². The summed E-state index contributed by atoms with van der Waals surface area (Å²) in [6.07, 6.45) is 0.861. The highest BCUT2D eigenvalue weighted by molar-refractivity contribution is 5.86. The predicted octanol–water partition coefficient (Wildman–Crippen LogP) is 0.241. The maximum Gasteiger partial charge on any atom is 0.342 e. The number of carboxylic acids is 1. The summed E-state index contributed by atoms with van der Waals surface area (Å²) in [6.45, 7) is 0. The fourth-order valence-electron chi connectivity index (χ4n) is 1.81. The standard InChI is InChI=1S/C13H12N2O6/c1-20-7-3-4-9(10(5-7)21-2)15-11(16)8(12(17)18)6-14-13(15)19/h3-6H,1-2H3,(H,14,19)(H,17,18). The monoisotopic (exact) mass is 292 g/mol. The summed E-state index contributed by atoms with van der Waals surface area (Å²) < 4.78 is 10.8. The molecule has 0 bridgehead atoms. The molecule has 0 aliphatic heterocycles. The topological polar surface area (TPSA) is 111 Å². The molecule has 1 heterocycles. The van der Waals surface area contributed by atoms with Crippen molar-refractivity contribution in [1.29, 1.82) is 0 Å². The van der Waals surface area contributed by atoms with E-state index in [9.17, 15) is 14.4 Å². The Balaban J connectivity index is 2.79. The van der Waals surface area contributed by atoms with E-state index in [-0.39, 0.29) is 11.4 Å². The average Bonchev–Trinajstić information content (AvgIpc) is 2.47. The number of rotatable bonds is 4. The number of benzene rings is 1. The van der Waals surface area contributed by atoms with Gasteiger partial charge in [-0.3, -0.25) is 4.79 Å². The molecule has 0 spiro atoms. The smallest absolute Gasteiger partial charge is 0.342 e. The number of nitrogens with zero attached hydrogens (tertiary/aromatic N) is 1. The minimum absolute atomic E-state index is 0.118. The lowest BCUT2D eigenvalue weighted by Gasteiger charge is -2.11. The van der Waals surface area contributed by atoms with Crippen LogP contribution in [-0.2, 0) is 0 Å². The Labute approximate surface area is 118 Å². The number of ether oxygens (including phenoxy) is 2. The van der Waals surface area contributed by atoms with Gasteiger partial charge in [-0.05, 0) is 12.1 Å². The highest BCUT2D eigenvalue weighted by Crippen LogP contribution is 2.26. The van der Waals surface area contributed by atoms with Crippen LogP contribution in [0.25, 0.3) is 5.69 Å². The van der Waals surface area contributed by atoms with Crippen molar-refractivity contribution < 1.29 is 19.4 Å². The normalized spacial score (nSPS) is 10.2. The zero-order valence-corrected chi connectivity index (χ0v) is 11.2. The number of aromatic carboxylic acids is 1. The van der Waals surface area contributed by atoms with Crippen LogP contribution in [0.1, 0.15) is 10.4 Å². The first-order valence-electron chi connectivity index (χ1n) is 5.80. The summed E-state index contributed by atoms with van der Waals surface area (Å²) in [5, 5.41) is 8.95. The fraction of sp³-hybridized carbons (Fsp3) is 0.154. The predicted molar refractivity (Wildman–Crippen MR) is 72.7 cm³/mol. The minimum Gasteiger partial charge on any atom is -0.497 e. The molecule has 1 aromatic heterocycles. The summed E-state index contributed by atoms with van der Waals surface area (Å²) in [5.41, 5.74) is -2.15. The van der Waals surface area contributed by atoms with Crippen molar-refractivity contribution in [3.05, 3.63) is 50.8 Å². The number of hydrogen-bond donors (Lipinski definition) is 2. The van der Waals surface area contributed by atoms with Crippen molar-refractivity contribution >= 4 is 5.97 Å². The second-order valence-corrected chi connectivity index (χ2v) is 3.99. The van der Waals surface area contributed by atoms with Crippen LogP contribution >= 0.6 is 0 Å². The van der Waals surface area contributed by atoms with E-state index in [1.165, 1.54) is 32.4 Å². The Hall–Kier alpha value is -3.03. The average molecular weight is 292 g/mol. The first kappa shape index (κ1) is 14.4. The lowest BCUT2D eigenvalue weighted by Crippen LogP contribution is -2.37. The molecule has 0 aliphatic rings. The van der Waals surface area contributed by atoms with Crippen molar-refractivity contribution in [2.24, 2.45) is 0 Å². The third kappa shape index (κ3) is 2.50. The van der Waals surface area contributed by atoms with Gasteiger partial charge >= 0.3 is 11.7 Å². The van der Waals surface area contributed by atoms with E-state index in [0.29, 0.717) is 10.3 Å². The highest BCUT2D eigenvalue weighted by atomic mass is 16.5. The van der Waals surface area contributed by atoms with E-state index in [0.717, 1.165) is 6.20 Å². The largest absolute Gasteiger partial charge is 0.497 e. The zero-order chi connectivity index (χ0) is 15.6. The third-order valence-electron chi connectivity index (χ3n) is 2.83. The lowest BCUT2D eigenvalue weighted by atomic mass is 10.2. The Morgan fingerprint density at radius 1 is 1.24 bits per heavy atom. The van der Waals surface area contributed by atoms with Crippen LogP contribution in [0.5, 0.6) is 11.5 Å². The van der Waals surface area contributed by atoms with E-state index in [2.05, 4.69) is 4.98 Å². The molecule has 0 aliphatic carbocycles. The van der Waals surface area contributed by atoms with Crippen LogP contribution in [-0.4, -0.2) is 34.8 Å². The quantitative estimate of drug-likeness (QED) is 0.835. The van der Waals surface area contributed by atoms with Gasteiger partial charge in [-0.25, -0.2) is 14.2 Å². The van der Waals surface area contributed by atoms with Gasteiger partial charge in [-0.1, -0.05) is 0 Å². The SMILES string of the molecule is COc1ccc(-n2c(=O)[nH]cc(C(=O)O)c2=O)c(OC)c1. The molecule has 0 saturated carbocycles. The Kier molecular flexibility index (Phi) is 3.79. The van der Waals surface area contributed by atoms with Gasteiger partial charge in [0.25, 0.3) is 5.56 Å². The van der Waals surface area contributed by atoms with Gasteiger partial charge in [0.1, 0.15) is 17.1 Å². The number of aromatic amines is 1. The van der Waals surface area contributed by atoms with Crippen molar-refractivity contribution in [2.75, 3.05) is 14.2 Å². The van der Waals surface area contributed by atoms with E-state index in [1.807, 2.05) is 0 Å². The number of H-pyrrole nitrogens is 1. The van der Waals surface area contributed by atoms with Gasteiger partial charge in [0.05, 0.1) is 19.9 Å². The maximum atomic E-state index is 12.1. The molecule has 2 N–H and O–H groups in total. The zero-order valence-electron chi connectivity index (χ0n) is 11.2. The van der Waals surface area contributed by atoms with Crippen LogP contribution in [0.3, 0.4) is 0 Å². The van der Waals surface area contributed by atoms with Crippen LogP contribution in [0.2, 0.25) is 0 Å². The Bertz CT molecular complexity index is 805. The number of carbonyl (C=O) groups is 1. The molecule has 0 saturated heterocycles. The van der Waals surface area contributed by atoms with Gasteiger partial charge in [-0.15, -0.1) is 0 Å². The molecule has 110 valence electrons. The molecule has 8 nitrogen and oxygen atoms in total. The number of methoxy groups -OCH3 is 2. The van der Waals surface area contributed by atoms with Crippen LogP contribution in [0.15, 0.2) is 34.0 Å². The van der Waals surface area contributed by atoms with Gasteiger partial charge in [0, 0.05) is 12.3 Å². The van der Waals surface area contributed by atoms with Gasteiger partial charge < -0.3 is 19.6 Å². The third-order valence-corrected chi connectivity index (χ3v) is 2.83. The van der Waals surface area contributed by atoms with E-state index < -0.39 is 22.8 Å². The van der Waals surface area contributed by atoms with E-state index >= 15 is 0 Å². The highest BCUT2D eigenvalue weighted by Gasteiger charge is 2.17. The Morgan fingerprint density at radius 3 is 2.52 bits per heavy atom. The van der Waals surface area contributed by atoms with Crippen LogP contribution < -0.4 is 20.7 Å². The van der Waals surface area contributed by atoms with Crippen molar-refractivity contribution in [1.82, 2.24) is 9.55 Å². The molecule has 0 amide bonds. The molecule has 21 heavy (non-hydrogen) atoms. The molecular weight excluding hydrogens is 280 g/mol. The number of aromatic nitrogens is 2. The fourth-order valence-corrected chi connectivity index (χ4v) is 1.81. The molecule has 8 heteroatoms. The van der Waals surface area contributed by atoms with Crippen LogP contribution in [0, 0.1) is 0 Å². The lowest BCUT2D eigenvalue weighted by molar-refractivity contribution is 0.0694. The molecule has 0 atom stereocenters. The van der Waals surface area contributed by atoms with E-state index in [4.69, 9.17) is 14.6 Å². The molecular formula is C13H12N2O6. The first-order valence-corrected chi connectivity index (χ1v) is 5.80. The summed E-state index contributed by atoms with van der Waals surface area (Å²) in [5.74, 6) is -0.767. The number of hydrogen-bond acceptors (Lipinski definition) is 5. The maximum absolute atomic E-state index is 12.1. The second kappa shape index (κ2) is 5.53. The van der Waals surface area contributed by atoms with Gasteiger partial charge in [0.2, 0.25) is 0 Å². The van der Waals surface area contributed by atoms with Gasteiger partial charge in [0.15, 0.2) is 0 Å². The molecule has 1 aromatic carbocycles. The molecule has 2 rings (SSSR count). The van der Waals surface area contributed by atoms with Crippen LogP contribution in [0.4, 0.5) is 0 Å². The molecule has 0 radical (unpaired) electrons. The summed E-state index contributed by atoms with van der Waals surface area (Å²) >= 11 is 0.